The van der Waals surface area contributed by atoms with Crippen LogP contribution in [0.1, 0.15) is 26.7 Å². The van der Waals surface area contributed by atoms with Crippen molar-refractivity contribution in [3.05, 3.63) is 28.7 Å². The van der Waals surface area contributed by atoms with Crippen LogP contribution in [0.25, 0.3) is 0 Å². The molecule has 0 aliphatic carbocycles. The lowest BCUT2D eigenvalue weighted by atomic mass is 9.94. The number of methoxy groups -OCH3 is 1. The summed E-state index contributed by atoms with van der Waals surface area (Å²) in [5, 5.41) is 6.86. The second-order valence-corrected chi connectivity index (χ2v) is 9.79. The maximum Gasteiger partial charge on any atom is 0.191 e. The number of rotatable bonds is 7. The molecule has 0 bridgehead atoms. The second-order valence-electron chi connectivity index (χ2n) is 7.09. The molecule has 1 aromatic carbocycles. The predicted molar refractivity (Wildman–Crippen MR) is 129 cm³/mol. The number of ether oxygens (including phenoxy) is 2. The topological polar surface area (TPSA) is 54.9 Å². The summed E-state index contributed by atoms with van der Waals surface area (Å²) in [5.41, 5.74) is -0.169. The number of nitrogens with zero attached hydrogens (tertiary/aromatic N) is 1. The van der Waals surface area contributed by atoms with E-state index in [0.717, 1.165) is 49.6 Å². The number of hydrogen-bond acceptors (Lipinski definition) is 4. The summed E-state index contributed by atoms with van der Waals surface area (Å²) in [6, 6.07) is 8.42. The molecule has 2 N–H and O–H groups in total. The molecule has 0 aromatic heterocycles. The van der Waals surface area contributed by atoms with Crippen molar-refractivity contribution in [2.24, 2.45) is 4.99 Å². The number of thioether (sulfide) groups is 1. The monoisotopic (exact) mass is 571 g/mol. The molecule has 1 saturated heterocycles. The summed E-state index contributed by atoms with van der Waals surface area (Å²) in [6.45, 7) is 7.49. The van der Waals surface area contributed by atoms with Gasteiger partial charge in [-0.3, -0.25) is 4.99 Å². The lowest BCUT2D eigenvalue weighted by Crippen LogP contribution is -2.52. The molecule has 1 heterocycles. The molecule has 1 aliphatic heterocycles. The molecule has 0 amide bonds. The second kappa shape index (κ2) is 11.8. The van der Waals surface area contributed by atoms with Gasteiger partial charge in [0.15, 0.2) is 5.96 Å². The first kappa shape index (κ1) is 25.0. The van der Waals surface area contributed by atoms with Gasteiger partial charge in [-0.1, -0.05) is 15.9 Å². The molecular weight excluding hydrogens is 541 g/mol. The van der Waals surface area contributed by atoms with E-state index in [9.17, 15) is 0 Å². The van der Waals surface area contributed by atoms with E-state index in [1.54, 1.807) is 14.2 Å². The highest BCUT2D eigenvalue weighted by molar-refractivity contribution is 14.0. The van der Waals surface area contributed by atoms with Crippen molar-refractivity contribution in [1.29, 1.82) is 0 Å². The fourth-order valence-electron chi connectivity index (χ4n) is 2.82. The Kier molecular flexibility index (Phi) is 11.0. The van der Waals surface area contributed by atoms with E-state index < -0.39 is 0 Å². The van der Waals surface area contributed by atoms with E-state index in [1.807, 2.05) is 11.8 Å². The number of hydrogen-bond donors (Lipinski definition) is 2. The van der Waals surface area contributed by atoms with E-state index in [4.69, 9.17) is 9.47 Å². The van der Waals surface area contributed by atoms with Crippen molar-refractivity contribution >= 4 is 57.6 Å². The Hall–Kier alpha value is -0.0300. The highest BCUT2D eigenvalue weighted by atomic mass is 127. The molecule has 27 heavy (non-hydrogen) atoms. The maximum atomic E-state index is 5.77. The van der Waals surface area contributed by atoms with Crippen molar-refractivity contribution in [3.63, 3.8) is 0 Å². The van der Waals surface area contributed by atoms with Crippen LogP contribution in [0.5, 0.6) is 0 Å². The molecule has 0 spiro atoms. The molecule has 0 atom stereocenters. The number of benzene rings is 1. The third kappa shape index (κ3) is 8.47. The number of aliphatic imine (C=N–C) groups is 1. The minimum Gasteiger partial charge on any atom is -0.381 e. The quantitative estimate of drug-likeness (QED) is 0.221. The van der Waals surface area contributed by atoms with Gasteiger partial charge in [0.2, 0.25) is 0 Å². The van der Waals surface area contributed by atoms with Crippen molar-refractivity contribution in [2.45, 2.75) is 41.9 Å². The van der Waals surface area contributed by atoms with Crippen LogP contribution in [0.2, 0.25) is 0 Å². The number of guanidine groups is 1. The Bertz CT molecular complexity index is 593. The molecule has 1 aromatic rings. The molecule has 0 unspecified atom stereocenters. The molecule has 1 aliphatic rings. The van der Waals surface area contributed by atoms with Gasteiger partial charge in [-0.15, -0.1) is 35.7 Å². The first-order valence-electron chi connectivity index (χ1n) is 8.90. The Morgan fingerprint density at radius 3 is 2.44 bits per heavy atom. The van der Waals surface area contributed by atoms with Gasteiger partial charge in [-0.05, 0) is 38.1 Å². The van der Waals surface area contributed by atoms with E-state index in [1.165, 1.54) is 4.90 Å². The maximum absolute atomic E-state index is 5.77. The van der Waals surface area contributed by atoms with Gasteiger partial charge in [0, 0.05) is 67.4 Å². The first-order chi connectivity index (χ1) is 12.4. The molecule has 154 valence electrons. The lowest BCUT2D eigenvalue weighted by Gasteiger charge is -2.36. The van der Waals surface area contributed by atoms with Gasteiger partial charge in [-0.2, -0.15) is 0 Å². The smallest absolute Gasteiger partial charge is 0.191 e. The van der Waals surface area contributed by atoms with Crippen molar-refractivity contribution < 1.29 is 9.47 Å². The third-order valence-corrected chi connectivity index (χ3v) is 6.26. The van der Waals surface area contributed by atoms with Gasteiger partial charge in [-0.25, -0.2) is 0 Å². The van der Waals surface area contributed by atoms with E-state index in [2.05, 4.69) is 69.7 Å². The zero-order chi connectivity index (χ0) is 19.0. The summed E-state index contributed by atoms with van der Waals surface area (Å²) >= 11 is 5.33. The molecule has 2 rings (SSSR count). The zero-order valence-corrected chi connectivity index (χ0v) is 21.2. The molecule has 1 fully saturated rings. The number of nitrogens with one attached hydrogen (secondary N) is 2. The van der Waals surface area contributed by atoms with E-state index in [-0.39, 0.29) is 34.3 Å². The van der Waals surface area contributed by atoms with Crippen LogP contribution < -0.4 is 10.6 Å². The van der Waals surface area contributed by atoms with E-state index >= 15 is 0 Å². The van der Waals surface area contributed by atoms with E-state index in [0.29, 0.717) is 0 Å². The molecule has 0 radical (unpaired) electrons. The summed E-state index contributed by atoms with van der Waals surface area (Å²) < 4.78 is 12.4. The fourth-order valence-corrected chi connectivity index (χ4v) is 4.14. The zero-order valence-electron chi connectivity index (χ0n) is 16.5. The fraction of sp³-hybridized carbons (Fsp3) is 0.632. The average molecular weight is 572 g/mol. The SMILES string of the molecule is CN=C(NCC1(OC)CCOCC1)NCC(C)(C)Sc1ccc(Br)cc1.I. The van der Waals surface area contributed by atoms with Crippen LogP contribution in [0.3, 0.4) is 0 Å². The van der Waals surface area contributed by atoms with Crippen LogP contribution >= 0.6 is 51.7 Å². The minimum absolute atomic E-state index is 0. The Labute approximate surface area is 193 Å². The van der Waals surface area contributed by atoms with Crippen molar-refractivity contribution in [1.82, 2.24) is 10.6 Å². The Balaban J connectivity index is 0.00000364. The van der Waals surface area contributed by atoms with Gasteiger partial charge in [0.1, 0.15) is 0 Å². The van der Waals surface area contributed by atoms with Crippen LogP contribution in [0, 0.1) is 0 Å². The third-order valence-electron chi connectivity index (χ3n) is 4.53. The largest absolute Gasteiger partial charge is 0.381 e. The Morgan fingerprint density at radius 2 is 1.89 bits per heavy atom. The lowest BCUT2D eigenvalue weighted by molar-refractivity contribution is -0.0855. The van der Waals surface area contributed by atoms with Gasteiger partial charge in [0.05, 0.1) is 5.60 Å². The summed E-state index contributed by atoms with van der Waals surface area (Å²) in [5.74, 6) is 0.803. The predicted octanol–water partition coefficient (Wildman–Crippen LogP) is 4.30. The minimum atomic E-state index is -0.169. The average Bonchev–Trinajstić information content (AvgIpc) is 2.64. The molecule has 8 heteroatoms. The van der Waals surface area contributed by atoms with Gasteiger partial charge < -0.3 is 20.1 Å². The Morgan fingerprint density at radius 1 is 1.26 bits per heavy atom. The first-order valence-corrected chi connectivity index (χ1v) is 10.5. The van der Waals surface area contributed by atoms with Crippen LogP contribution in [0.15, 0.2) is 38.6 Å². The van der Waals surface area contributed by atoms with Gasteiger partial charge in [0.25, 0.3) is 0 Å². The van der Waals surface area contributed by atoms with Crippen molar-refractivity contribution in [3.8, 4) is 0 Å². The summed E-state index contributed by atoms with van der Waals surface area (Å²) in [6.07, 6.45) is 1.80. The molecular formula is C19H31BrIN3O2S. The van der Waals surface area contributed by atoms with Gasteiger partial charge >= 0.3 is 0 Å². The normalized spacial score (nSPS) is 17.1. The molecule has 0 saturated carbocycles. The van der Waals surface area contributed by atoms with Crippen LogP contribution in [-0.4, -0.2) is 56.8 Å². The highest BCUT2D eigenvalue weighted by Crippen LogP contribution is 2.32. The summed E-state index contributed by atoms with van der Waals surface area (Å²) in [4.78, 5) is 5.60. The van der Waals surface area contributed by atoms with Crippen molar-refractivity contribution in [2.75, 3.05) is 40.5 Å². The van der Waals surface area contributed by atoms with Crippen LogP contribution in [0.4, 0.5) is 0 Å². The summed E-state index contributed by atoms with van der Waals surface area (Å²) in [7, 11) is 3.58. The highest BCUT2D eigenvalue weighted by Gasteiger charge is 2.32. The number of halogens is 2. The van der Waals surface area contributed by atoms with Crippen LogP contribution in [-0.2, 0) is 9.47 Å². The standard InChI is InChI=1S/C19H30BrN3O2S.HI/c1-18(2,26-16-7-5-15(20)6-8-16)13-22-17(21-3)23-14-19(24-4)9-11-25-12-10-19;/h5-8H,9-14H2,1-4H3,(H2,21,22,23);1H. The molecule has 5 nitrogen and oxygen atoms in total.